The zero-order valence-electron chi connectivity index (χ0n) is 12.2. The molecule has 0 aromatic heterocycles. The van der Waals surface area contributed by atoms with E-state index in [1.54, 1.807) is 12.1 Å². The first-order valence-corrected chi connectivity index (χ1v) is 7.20. The van der Waals surface area contributed by atoms with Crippen LogP contribution in [-0.2, 0) is 9.31 Å². The molecule has 1 aromatic carbocycles. The first-order valence-electron chi connectivity index (χ1n) is 6.41. The number of hydrogen-bond acceptors (Lipinski definition) is 3. The fourth-order valence-electron chi connectivity index (χ4n) is 2.04. The minimum absolute atomic E-state index is 0.0252. The van der Waals surface area contributed by atoms with Gasteiger partial charge in [0.05, 0.1) is 16.8 Å². The van der Waals surface area contributed by atoms with Gasteiger partial charge in [-0.2, -0.15) is 0 Å². The van der Waals surface area contributed by atoms with Gasteiger partial charge >= 0.3 is 7.12 Å². The number of benzene rings is 1. The van der Waals surface area contributed by atoms with Crippen molar-refractivity contribution < 1.29 is 18.5 Å². The van der Waals surface area contributed by atoms with E-state index in [2.05, 4.69) is 15.9 Å². The zero-order valence-corrected chi connectivity index (χ0v) is 13.8. The topological polar surface area (TPSA) is 35.5 Å². The number of carbonyl (C=O) groups is 1. The highest BCUT2D eigenvalue weighted by atomic mass is 79.9. The molecule has 0 aliphatic carbocycles. The lowest BCUT2D eigenvalue weighted by Gasteiger charge is -2.32. The monoisotopic (exact) mass is 342 g/mol. The smallest absolute Gasteiger partial charge is 0.399 e. The number of hydrogen-bond donors (Lipinski definition) is 0. The maximum Gasteiger partial charge on any atom is 0.497 e. The molecule has 1 heterocycles. The lowest BCUT2D eigenvalue weighted by Crippen LogP contribution is -2.41. The second-order valence-electron chi connectivity index (χ2n) is 5.97. The highest BCUT2D eigenvalue weighted by Gasteiger charge is 2.52. The predicted molar refractivity (Wildman–Crippen MR) is 79.8 cm³/mol. The average molecular weight is 343 g/mol. The van der Waals surface area contributed by atoms with E-state index in [4.69, 9.17) is 9.31 Å². The predicted octanol–water partition coefficient (Wildman–Crippen LogP) is 3.09. The summed E-state index contributed by atoms with van der Waals surface area (Å²) in [6.07, 6.45) is 0. The van der Waals surface area contributed by atoms with Gasteiger partial charge < -0.3 is 9.31 Å². The van der Waals surface area contributed by atoms with Crippen LogP contribution in [0.4, 0.5) is 4.39 Å². The Balaban J connectivity index is 2.46. The molecule has 2 rings (SSSR count). The van der Waals surface area contributed by atoms with Crippen molar-refractivity contribution in [2.75, 3.05) is 0 Å². The van der Waals surface area contributed by atoms with E-state index in [1.807, 2.05) is 27.7 Å². The van der Waals surface area contributed by atoms with E-state index in [0.29, 0.717) is 4.47 Å². The molecule has 0 radical (unpaired) electrons. The Morgan fingerprint density at radius 1 is 1.20 bits per heavy atom. The van der Waals surface area contributed by atoms with Crippen molar-refractivity contribution >= 4 is 34.3 Å². The molecule has 1 aliphatic heterocycles. The summed E-state index contributed by atoms with van der Waals surface area (Å²) in [5, 5.41) is 0. The lowest BCUT2D eigenvalue weighted by atomic mass is 9.77. The summed E-state index contributed by atoms with van der Waals surface area (Å²) in [5.41, 5.74) is -0.824. The second kappa shape index (κ2) is 4.93. The maximum atomic E-state index is 14.5. The zero-order chi connectivity index (χ0) is 15.3. The van der Waals surface area contributed by atoms with Crippen LogP contribution in [0.3, 0.4) is 0 Å². The first kappa shape index (κ1) is 15.7. The quantitative estimate of drug-likeness (QED) is 0.612. The number of Topliss-reactive ketones (excluding diaryl/α,β-unsaturated/α-hetero) is 1. The van der Waals surface area contributed by atoms with E-state index in [0.717, 1.165) is 0 Å². The largest absolute Gasteiger partial charge is 0.497 e. The molecule has 0 unspecified atom stereocenters. The van der Waals surface area contributed by atoms with Crippen LogP contribution in [0.25, 0.3) is 0 Å². The molecule has 108 valence electrons. The molecule has 0 atom stereocenters. The highest BCUT2D eigenvalue weighted by Crippen LogP contribution is 2.37. The Bertz CT molecular complexity index is 556. The van der Waals surface area contributed by atoms with Gasteiger partial charge in [-0.15, -0.1) is 0 Å². The number of rotatable bonds is 2. The summed E-state index contributed by atoms with van der Waals surface area (Å²) in [5.74, 6) is -0.932. The van der Waals surface area contributed by atoms with Gasteiger partial charge in [-0.1, -0.05) is 6.07 Å². The minimum Gasteiger partial charge on any atom is -0.399 e. The third-order valence-electron chi connectivity index (χ3n) is 3.98. The first-order chi connectivity index (χ1) is 9.07. The van der Waals surface area contributed by atoms with Crippen LogP contribution in [0, 0.1) is 5.82 Å². The van der Waals surface area contributed by atoms with Gasteiger partial charge in [0.2, 0.25) is 0 Å². The summed E-state index contributed by atoms with van der Waals surface area (Å²) < 4.78 is 26.6. The Hall–Kier alpha value is -0.715. The summed E-state index contributed by atoms with van der Waals surface area (Å²) in [4.78, 5) is 11.6. The van der Waals surface area contributed by atoms with E-state index in [9.17, 15) is 9.18 Å². The second-order valence-corrected chi connectivity index (χ2v) is 6.82. The van der Waals surface area contributed by atoms with Gasteiger partial charge in [0, 0.05) is 9.94 Å². The standard InChI is InChI=1S/C14H17BBrFO3/c1-8(18)11-10(16)7-6-9(12(11)17)15-19-13(2,3)14(4,5)20-15/h6-7H,1-5H3. The fourth-order valence-corrected chi connectivity index (χ4v) is 2.63. The molecule has 1 fully saturated rings. The highest BCUT2D eigenvalue weighted by molar-refractivity contribution is 9.10. The molecule has 1 saturated heterocycles. The van der Waals surface area contributed by atoms with Crippen LogP contribution in [0.15, 0.2) is 16.6 Å². The molecule has 0 amide bonds. The Morgan fingerprint density at radius 2 is 1.70 bits per heavy atom. The third kappa shape index (κ3) is 2.45. The van der Waals surface area contributed by atoms with E-state index >= 15 is 0 Å². The fraction of sp³-hybridized carbons (Fsp3) is 0.500. The number of ketones is 1. The van der Waals surface area contributed by atoms with Gasteiger partial charge in [0.25, 0.3) is 0 Å². The van der Waals surface area contributed by atoms with Crippen molar-refractivity contribution in [2.45, 2.75) is 45.8 Å². The van der Waals surface area contributed by atoms with Crippen molar-refractivity contribution in [3.05, 3.63) is 28.0 Å². The Morgan fingerprint density at radius 3 is 2.15 bits per heavy atom. The van der Waals surface area contributed by atoms with Crippen molar-refractivity contribution in [1.82, 2.24) is 0 Å². The third-order valence-corrected chi connectivity index (χ3v) is 4.64. The van der Waals surface area contributed by atoms with Crippen LogP contribution < -0.4 is 5.46 Å². The van der Waals surface area contributed by atoms with E-state index < -0.39 is 24.1 Å². The van der Waals surface area contributed by atoms with Gasteiger partial charge in [0.15, 0.2) is 5.78 Å². The Labute approximate surface area is 127 Å². The van der Waals surface area contributed by atoms with Gasteiger partial charge in [-0.05, 0) is 56.6 Å². The SMILES string of the molecule is CC(=O)c1c(Br)ccc(B2OC(C)(C)C(C)(C)O2)c1F. The van der Waals surface area contributed by atoms with Crippen molar-refractivity contribution in [2.24, 2.45) is 0 Å². The molecule has 0 saturated carbocycles. The van der Waals surface area contributed by atoms with E-state index in [-0.39, 0.29) is 16.8 Å². The minimum atomic E-state index is -0.814. The number of halogens is 2. The molecular weight excluding hydrogens is 326 g/mol. The molecule has 1 aliphatic rings. The van der Waals surface area contributed by atoms with Crippen LogP contribution in [0.5, 0.6) is 0 Å². The van der Waals surface area contributed by atoms with Crippen LogP contribution in [0.2, 0.25) is 0 Å². The Kier molecular flexibility index (Phi) is 3.86. The van der Waals surface area contributed by atoms with Crippen LogP contribution in [0.1, 0.15) is 45.0 Å². The van der Waals surface area contributed by atoms with Crippen LogP contribution in [-0.4, -0.2) is 24.1 Å². The normalized spacial score (nSPS) is 20.2. The molecule has 1 aromatic rings. The summed E-state index contributed by atoms with van der Waals surface area (Å²) in [7, 11) is -0.814. The summed E-state index contributed by atoms with van der Waals surface area (Å²) in [6, 6.07) is 3.22. The van der Waals surface area contributed by atoms with Crippen molar-refractivity contribution in [1.29, 1.82) is 0 Å². The van der Waals surface area contributed by atoms with Crippen LogP contribution >= 0.6 is 15.9 Å². The van der Waals surface area contributed by atoms with Crippen molar-refractivity contribution in [3.8, 4) is 0 Å². The maximum absolute atomic E-state index is 14.5. The summed E-state index contributed by atoms with van der Waals surface area (Å²) in [6.45, 7) is 8.92. The molecule has 0 spiro atoms. The average Bonchev–Trinajstić information content (AvgIpc) is 2.47. The molecule has 20 heavy (non-hydrogen) atoms. The summed E-state index contributed by atoms with van der Waals surface area (Å²) >= 11 is 3.19. The number of carbonyl (C=O) groups excluding carboxylic acids is 1. The lowest BCUT2D eigenvalue weighted by molar-refractivity contribution is 0.00578. The molecular formula is C14H17BBrFO3. The molecule has 0 N–H and O–H groups in total. The van der Waals surface area contributed by atoms with E-state index in [1.165, 1.54) is 6.92 Å². The van der Waals surface area contributed by atoms with Crippen molar-refractivity contribution in [3.63, 3.8) is 0 Å². The van der Waals surface area contributed by atoms with Gasteiger partial charge in [-0.25, -0.2) is 4.39 Å². The molecule has 0 bridgehead atoms. The molecule has 3 nitrogen and oxygen atoms in total. The van der Waals surface area contributed by atoms with Gasteiger partial charge in [0.1, 0.15) is 5.82 Å². The molecule has 6 heteroatoms. The van der Waals surface area contributed by atoms with Gasteiger partial charge in [-0.3, -0.25) is 4.79 Å².